The Bertz CT molecular complexity index is 1240. The van der Waals surface area contributed by atoms with Gasteiger partial charge < -0.3 is 13.6 Å². The van der Waals surface area contributed by atoms with Crippen molar-refractivity contribution in [2.24, 2.45) is 5.41 Å². The van der Waals surface area contributed by atoms with E-state index in [2.05, 4.69) is 44.7 Å². The van der Waals surface area contributed by atoms with Gasteiger partial charge in [0.2, 0.25) is 0 Å². The van der Waals surface area contributed by atoms with Crippen LogP contribution in [-0.2, 0) is 17.8 Å². The molecular formula is C24H29N5O2S. The van der Waals surface area contributed by atoms with E-state index in [1.165, 1.54) is 23.1 Å². The first-order chi connectivity index (χ1) is 15.4. The third-order valence-corrected chi connectivity index (χ3v) is 8.91. The van der Waals surface area contributed by atoms with Crippen molar-refractivity contribution in [3.8, 4) is 0 Å². The van der Waals surface area contributed by atoms with Gasteiger partial charge in [0.05, 0.1) is 22.9 Å². The molecule has 8 heteroatoms. The fourth-order valence-electron chi connectivity index (χ4n) is 6.18. The maximum Gasteiger partial charge on any atom is 0.274 e. The highest BCUT2D eigenvalue weighted by Gasteiger charge is 2.51. The van der Waals surface area contributed by atoms with E-state index in [0.717, 1.165) is 48.5 Å². The fraction of sp³-hybridized carbons (Fsp3) is 0.500. The molecule has 1 saturated heterocycles. The van der Waals surface area contributed by atoms with Crippen molar-refractivity contribution < 1.29 is 9.08 Å². The van der Waals surface area contributed by atoms with Crippen LogP contribution in [0.4, 0.5) is 0 Å². The van der Waals surface area contributed by atoms with Gasteiger partial charge in [0.1, 0.15) is 5.70 Å². The molecule has 0 radical (unpaired) electrons. The van der Waals surface area contributed by atoms with Gasteiger partial charge in [0.25, 0.3) is 5.89 Å². The van der Waals surface area contributed by atoms with E-state index in [9.17, 15) is 4.55 Å². The molecule has 5 heterocycles. The van der Waals surface area contributed by atoms with Crippen molar-refractivity contribution in [1.82, 2.24) is 23.9 Å². The number of hydrogen-bond donors (Lipinski definition) is 0. The van der Waals surface area contributed by atoms with Crippen LogP contribution in [0.5, 0.6) is 0 Å². The molecule has 6 rings (SSSR count). The van der Waals surface area contributed by atoms with E-state index in [1.54, 1.807) is 4.31 Å². The fourth-order valence-corrected chi connectivity index (χ4v) is 7.01. The average molecular weight is 452 g/mol. The van der Waals surface area contributed by atoms with Crippen LogP contribution in [0.2, 0.25) is 0 Å². The molecule has 3 aliphatic rings. The molecule has 0 spiro atoms. The molecule has 168 valence electrons. The second kappa shape index (κ2) is 7.18. The second-order valence-corrected chi connectivity index (χ2v) is 11.2. The normalized spacial score (nSPS) is 25.8. The average Bonchev–Trinajstić information content (AvgIpc) is 3.38. The lowest BCUT2D eigenvalue weighted by Gasteiger charge is -2.53. The minimum atomic E-state index is -1.18. The molecule has 1 unspecified atom stereocenters. The van der Waals surface area contributed by atoms with E-state index in [4.69, 9.17) is 4.52 Å². The van der Waals surface area contributed by atoms with Crippen LogP contribution in [0, 0.1) is 12.3 Å². The Morgan fingerprint density at radius 2 is 2.16 bits per heavy atom. The molecule has 32 heavy (non-hydrogen) atoms. The number of fused-ring (bicyclic) bond motifs is 3. The molecule has 0 aliphatic carbocycles. The number of rotatable bonds is 4. The van der Waals surface area contributed by atoms with E-state index in [0.29, 0.717) is 17.8 Å². The molecular weight excluding hydrogens is 422 g/mol. The smallest absolute Gasteiger partial charge is 0.274 e. The third kappa shape index (κ3) is 2.73. The molecule has 0 bridgehead atoms. The first-order valence-electron chi connectivity index (χ1n) is 11.5. The zero-order valence-corrected chi connectivity index (χ0v) is 19.9. The van der Waals surface area contributed by atoms with Gasteiger partial charge in [-0.3, -0.25) is 4.90 Å². The van der Waals surface area contributed by atoms with Crippen molar-refractivity contribution >= 4 is 28.0 Å². The van der Waals surface area contributed by atoms with Gasteiger partial charge in [-0.05, 0) is 62.9 Å². The Hall–Kier alpha value is -2.13. The second-order valence-electron chi connectivity index (χ2n) is 9.49. The number of aromatic nitrogens is 3. The van der Waals surface area contributed by atoms with Gasteiger partial charge in [0.15, 0.2) is 10.7 Å². The topological polar surface area (TPSA) is 73.4 Å². The number of hydrogen-bond acceptors (Lipinski definition) is 6. The summed E-state index contributed by atoms with van der Waals surface area (Å²) in [6.45, 7) is 6.39. The first kappa shape index (κ1) is 20.5. The number of aryl methyl sites for hydroxylation is 1. The van der Waals surface area contributed by atoms with Crippen LogP contribution in [-0.4, -0.2) is 55.7 Å². The van der Waals surface area contributed by atoms with Gasteiger partial charge in [-0.1, -0.05) is 12.1 Å². The van der Waals surface area contributed by atoms with Crippen LogP contribution in [0.15, 0.2) is 33.7 Å². The zero-order valence-electron chi connectivity index (χ0n) is 19.1. The molecule has 3 aliphatic heterocycles. The largest absolute Gasteiger partial charge is 0.593 e. The maximum atomic E-state index is 12.8. The van der Waals surface area contributed by atoms with Gasteiger partial charge in [0, 0.05) is 43.2 Å². The highest BCUT2D eigenvalue weighted by atomic mass is 32.2. The Labute approximate surface area is 191 Å². The Kier molecular flexibility index (Phi) is 4.60. The molecule has 1 fully saturated rings. The summed E-state index contributed by atoms with van der Waals surface area (Å²) in [5, 5.41) is 5.29. The lowest BCUT2D eigenvalue weighted by Crippen LogP contribution is -2.50. The van der Waals surface area contributed by atoms with Gasteiger partial charge in [-0.25, -0.2) is 0 Å². The minimum absolute atomic E-state index is 0.0603. The quantitative estimate of drug-likeness (QED) is 0.560. The summed E-state index contributed by atoms with van der Waals surface area (Å²) in [5.74, 6) is 1.23. The molecule has 2 aromatic heterocycles. The van der Waals surface area contributed by atoms with Crippen molar-refractivity contribution in [2.45, 2.75) is 50.5 Å². The number of benzene rings is 1. The molecule has 0 amide bonds. The Balaban J connectivity index is 1.66. The SMILES string of the molecule is CC[C@@]12C=C(c3nc(C)no3)n3c4c(c5cc([S+]([O-])N(C)C)ccc53)CCN(CCC1)[C@H]42. The summed E-state index contributed by atoms with van der Waals surface area (Å²) < 4.78 is 22.6. The molecule has 3 aromatic rings. The van der Waals surface area contributed by atoms with Crippen molar-refractivity contribution in [1.29, 1.82) is 0 Å². The van der Waals surface area contributed by atoms with E-state index >= 15 is 0 Å². The molecule has 1 aromatic carbocycles. The van der Waals surface area contributed by atoms with E-state index in [-0.39, 0.29) is 5.41 Å². The Morgan fingerprint density at radius 3 is 2.88 bits per heavy atom. The highest BCUT2D eigenvalue weighted by molar-refractivity contribution is 7.89. The van der Waals surface area contributed by atoms with Crippen LogP contribution in [0.3, 0.4) is 0 Å². The van der Waals surface area contributed by atoms with Crippen molar-refractivity contribution in [3.63, 3.8) is 0 Å². The summed E-state index contributed by atoms with van der Waals surface area (Å²) in [6.07, 6.45) is 6.87. The van der Waals surface area contributed by atoms with Crippen LogP contribution in [0.1, 0.15) is 55.2 Å². The molecule has 0 saturated carbocycles. The monoisotopic (exact) mass is 451 g/mol. The summed E-state index contributed by atoms with van der Waals surface area (Å²) >= 11 is -1.18. The molecule has 0 N–H and O–H groups in total. The van der Waals surface area contributed by atoms with Gasteiger partial charge in [-0.15, -0.1) is 4.31 Å². The van der Waals surface area contributed by atoms with Crippen molar-refractivity contribution in [2.75, 3.05) is 27.2 Å². The van der Waals surface area contributed by atoms with Crippen LogP contribution >= 0.6 is 0 Å². The van der Waals surface area contributed by atoms with E-state index in [1.807, 2.05) is 27.1 Å². The minimum Gasteiger partial charge on any atom is -0.593 e. The van der Waals surface area contributed by atoms with Crippen LogP contribution < -0.4 is 0 Å². The predicted molar refractivity (Wildman–Crippen MR) is 124 cm³/mol. The Morgan fingerprint density at radius 1 is 1.31 bits per heavy atom. The first-order valence-corrected chi connectivity index (χ1v) is 12.6. The summed E-state index contributed by atoms with van der Waals surface area (Å²) in [4.78, 5) is 8.14. The van der Waals surface area contributed by atoms with Gasteiger partial charge >= 0.3 is 0 Å². The predicted octanol–water partition coefficient (Wildman–Crippen LogP) is 3.91. The van der Waals surface area contributed by atoms with Gasteiger partial charge in [-0.2, -0.15) is 4.98 Å². The zero-order chi connectivity index (χ0) is 22.2. The summed E-state index contributed by atoms with van der Waals surface area (Å²) in [5.41, 5.74) is 4.95. The van der Waals surface area contributed by atoms with E-state index < -0.39 is 11.4 Å². The third-order valence-electron chi connectivity index (χ3n) is 7.59. The maximum absolute atomic E-state index is 12.8. The lowest BCUT2D eigenvalue weighted by atomic mass is 9.66. The summed E-state index contributed by atoms with van der Waals surface area (Å²) in [7, 11) is 3.70. The number of nitrogens with zero attached hydrogens (tertiary/aromatic N) is 5. The highest BCUT2D eigenvalue weighted by Crippen LogP contribution is 2.57. The number of piperidine rings is 1. The lowest BCUT2D eigenvalue weighted by molar-refractivity contribution is 0.0269. The molecule has 3 atom stereocenters. The van der Waals surface area contributed by atoms with Crippen LogP contribution in [0.25, 0.3) is 16.6 Å². The van der Waals surface area contributed by atoms with Crippen molar-refractivity contribution in [3.05, 3.63) is 47.2 Å². The summed E-state index contributed by atoms with van der Waals surface area (Å²) in [6, 6.07) is 6.60. The standard InChI is InChI=1S/C24H29N5O2S/c1-5-24-10-6-11-28-12-9-17-18-13-16(32(30)27(3)4)7-8-19(18)29(21(17)22(24)28)20(14-24)23-25-15(2)26-31-23/h7-8,13-14,22H,5-6,9-12H2,1-4H3/t22-,24+,32?/m1/s1. The molecule has 7 nitrogen and oxygen atoms in total.